The zero-order chi connectivity index (χ0) is 13.2. The Hall–Kier alpha value is -0.540. The molecule has 1 aromatic heterocycles. The van der Waals surface area contributed by atoms with E-state index in [0.717, 1.165) is 30.9 Å². The molecule has 5 heteroatoms. The van der Waals surface area contributed by atoms with Gasteiger partial charge in [0.1, 0.15) is 17.3 Å². The Bertz CT molecular complexity index is 421. The molecule has 0 saturated carbocycles. The van der Waals surface area contributed by atoms with Gasteiger partial charge in [0.05, 0.1) is 5.88 Å². The topological polar surface area (TPSA) is 29.0 Å². The Morgan fingerprint density at radius 2 is 2.06 bits per heavy atom. The smallest absolute Gasteiger partial charge is 0.138 e. The number of hydrogen-bond acceptors (Lipinski definition) is 3. The molecular formula is C13H19Cl2N3. The lowest BCUT2D eigenvalue weighted by molar-refractivity contribution is 0.325. The SMILES string of the molecule is CC1(C)CCCN(c2ncnc(Cl)c2CCl)CC1. The zero-order valence-corrected chi connectivity index (χ0v) is 12.4. The number of alkyl halides is 1. The minimum atomic E-state index is 0.356. The van der Waals surface area contributed by atoms with Gasteiger partial charge in [0.2, 0.25) is 0 Å². The molecule has 0 radical (unpaired) electrons. The van der Waals surface area contributed by atoms with E-state index < -0.39 is 0 Å². The normalized spacial score (nSPS) is 19.7. The van der Waals surface area contributed by atoms with Gasteiger partial charge in [0.25, 0.3) is 0 Å². The molecule has 1 aliphatic heterocycles. The van der Waals surface area contributed by atoms with Crippen LogP contribution < -0.4 is 4.90 Å². The maximum atomic E-state index is 6.08. The van der Waals surface area contributed by atoms with Crippen molar-refractivity contribution >= 4 is 29.0 Å². The molecular weight excluding hydrogens is 269 g/mol. The van der Waals surface area contributed by atoms with E-state index in [2.05, 4.69) is 28.7 Å². The van der Waals surface area contributed by atoms with Crippen LogP contribution in [-0.4, -0.2) is 23.1 Å². The van der Waals surface area contributed by atoms with Gasteiger partial charge in [-0.05, 0) is 24.7 Å². The van der Waals surface area contributed by atoms with Gasteiger partial charge in [0, 0.05) is 18.7 Å². The highest BCUT2D eigenvalue weighted by molar-refractivity contribution is 6.31. The second kappa shape index (κ2) is 5.62. The van der Waals surface area contributed by atoms with E-state index in [1.807, 2.05) is 0 Å². The summed E-state index contributed by atoms with van der Waals surface area (Å²) in [4.78, 5) is 10.7. The molecule has 1 fully saturated rings. The molecule has 0 bridgehead atoms. The monoisotopic (exact) mass is 287 g/mol. The molecule has 3 nitrogen and oxygen atoms in total. The van der Waals surface area contributed by atoms with Crippen LogP contribution in [0.3, 0.4) is 0 Å². The maximum absolute atomic E-state index is 6.08. The van der Waals surface area contributed by atoms with Crippen LogP contribution in [-0.2, 0) is 5.88 Å². The Morgan fingerprint density at radius 3 is 2.78 bits per heavy atom. The van der Waals surface area contributed by atoms with Crippen LogP contribution in [0.1, 0.15) is 38.7 Å². The van der Waals surface area contributed by atoms with Crippen LogP contribution in [0.4, 0.5) is 5.82 Å². The molecule has 0 amide bonds. The van der Waals surface area contributed by atoms with Gasteiger partial charge in [-0.1, -0.05) is 25.4 Å². The van der Waals surface area contributed by atoms with Crippen molar-refractivity contribution in [3.8, 4) is 0 Å². The van der Waals surface area contributed by atoms with Gasteiger partial charge in [-0.2, -0.15) is 0 Å². The highest BCUT2D eigenvalue weighted by Crippen LogP contribution is 2.33. The highest BCUT2D eigenvalue weighted by Gasteiger charge is 2.25. The van der Waals surface area contributed by atoms with Gasteiger partial charge in [-0.15, -0.1) is 11.6 Å². The van der Waals surface area contributed by atoms with Gasteiger partial charge >= 0.3 is 0 Å². The molecule has 0 spiro atoms. The average Bonchev–Trinajstić information content (AvgIpc) is 2.50. The summed E-state index contributed by atoms with van der Waals surface area (Å²) in [7, 11) is 0. The van der Waals surface area contributed by atoms with Crippen LogP contribution in [0.15, 0.2) is 6.33 Å². The van der Waals surface area contributed by atoms with E-state index in [9.17, 15) is 0 Å². The second-order valence-electron chi connectivity index (χ2n) is 5.61. The number of anilines is 1. The van der Waals surface area contributed by atoms with E-state index in [0.29, 0.717) is 16.4 Å². The Balaban J connectivity index is 2.24. The van der Waals surface area contributed by atoms with Gasteiger partial charge in [-0.25, -0.2) is 9.97 Å². The summed E-state index contributed by atoms with van der Waals surface area (Å²) in [6, 6.07) is 0. The second-order valence-corrected chi connectivity index (χ2v) is 6.23. The third-order valence-electron chi connectivity index (χ3n) is 3.64. The van der Waals surface area contributed by atoms with Gasteiger partial charge in [0.15, 0.2) is 0 Å². The van der Waals surface area contributed by atoms with Crippen molar-refractivity contribution in [1.29, 1.82) is 0 Å². The first-order chi connectivity index (χ1) is 8.53. The van der Waals surface area contributed by atoms with Crippen LogP contribution in [0, 0.1) is 5.41 Å². The summed E-state index contributed by atoms with van der Waals surface area (Å²) in [6.07, 6.45) is 5.11. The molecule has 100 valence electrons. The molecule has 18 heavy (non-hydrogen) atoms. The van der Waals surface area contributed by atoms with E-state index in [4.69, 9.17) is 23.2 Å². The van der Waals surface area contributed by atoms with Crippen LogP contribution in [0.5, 0.6) is 0 Å². The van der Waals surface area contributed by atoms with Crippen LogP contribution in [0.2, 0.25) is 5.15 Å². The maximum Gasteiger partial charge on any atom is 0.138 e. The fourth-order valence-corrected chi connectivity index (χ4v) is 2.91. The first-order valence-corrected chi connectivity index (χ1v) is 7.25. The number of aromatic nitrogens is 2. The Labute approximate surface area is 119 Å². The lowest BCUT2D eigenvalue weighted by Crippen LogP contribution is -2.27. The third kappa shape index (κ3) is 3.07. The fourth-order valence-electron chi connectivity index (χ4n) is 2.40. The molecule has 0 unspecified atom stereocenters. The van der Waals surface area contributed by atoms with Crippen molar-refractivity contribution in [2.24, 2.45) is 5.41 Å². The van der Waals surface area contributed by atoms with Crippen molar-refractivity contribution in [3.63, 3.8) is 0 Å². The Kier molecular flexibility index (Phi) is 4.33. The quantitative estimate of drug-likeness (QED) is 0.610. The molecule has 0 N–H and O–H groups in total. The summed E-state index contributed by atoms with van der Waals surface area (Å²) >= 11 is 12.0. The number of rotatable bonds is 2. The van der Waals surface area contributed by atoms with Crippen molar-refractivity contribution in [3.05, 3.63) is 17.0 Å². The molecule has 1 aromatic rings. The van der Waals surface area contributed by atoms with Crippen molar-refractivity contribution < 1.29 is 0 Å². The molecule has 0 aliphatic carbocycles. The molecule has 0 aromatic carbocycles. The largest absolute Gasteiger partial charge is 0.356 e. The number of nitrogens with zero attached hydrogens (tertiary/aromatic N) is 3. The summed E-state index contributed by atoms with van der Waals surface area (Å²) in [5.41, 5.74) is 1.26. The Morgan fingerprint density at radius 1 is 1.28 bits per heavy atom. The number of halogens is 2. The number of hydrogen-bond donors (Lipinski definition) is 0. The summed E-state index contributed by atoms with van der Waals surface area (Å²) < 4.78 is 0. The zero-order valence-electron chi connectivity index (χ0n) is 10.9. The minimum Gasteiger partial charge on any atom is -0.356 e. The van der Waals surface area contributed by atoms with Crippen LogP contribution >= 0.6 is 23.2 Å². The predicted molar refractivity (Wildman–Crippen MR) is 76.4 cm³/mol. The molecule has 1 saturated heterocycles. The standard InChI is InChI=1S/C13H19Cl2N3/c1-13(2)4-3-6-18(7-5-13)12-10(8-14)11(15)16-9-17-12/h9H,3-8H2,1-2H3. The van der Waals surface area contributed by atoms with E-state index in [1.54, 1.807) is 0 Å². The summed E-state index contributed by atoms with van der Waals surface area (Å²) in [5, 5.41) is 0.471. The average molecular weight is 288 g/mol. The molecule has 2 rings (SSSR count). The lowest BCUT2D eigenvalue weighted by Gasteiger charge is -2.25. The van der Waals surface area contributed by atoms with Crippen molar-refractivity contribution in [2.45, 2.75) is 39.0 Å². The molecule has 0 atom stereocenters. The first-order valence-electron chi connectivity index (χ1n) is 6.34. The lowest BCUT2D eigenvalue weighted by atomic mass is 9.85. The van der Waals surface area contributed by atoms with Crippen LogP contribution in [0.25, 0.3) is 0 Å². The summed E-state index contributed by atoms with van der Waals surface area (Å²) in [6.45, 7) is 6.67. The van der Waals surface area contributed by atoms with E-state index >= 15 is 0 Å². The summed E-state index contributed by atoms with van der Waals surface area (Å²) in [5.74, 6) is 1.26. The van der Waals surface area contributed by atoms with Crippen molar-refractivity contribution in [1.82, 2.24) is 9.97 Å². The predicted octanol–water partition coefficient (Wildman–Crippen LogP) is 3.89. The van der Waals surface area contributed by atoms with E-state index in [1.165, 1.54) is 19.2 Å². The van der Waals surface area contributed by atoms with Gasteiger partial charge in [-0.3, -0.25) is 0 Å². The van der Waals surface area contributed by atoms with Crippen molar-refractivity contribution in [2.75, 3.05) is 18.0 Å². The molecule has 2 heterocycles. The van der Waals surface area contributed by atoms with E-state index in [-0.39, 0.29) is 0 Å². The molecule has 1 aliphatic rings. The highest BCUT2D eigenvalue weighted by atomic mass is 35.5. The van der Waals surface area contributed by atoms with Gasteiger partial charge < -0.3 is 4.90 Å². The minimum absolute atomic E-state index is 0.356. The fraction of sp³-hybridized carbons (Fsp3) is 0.692. The third-order valence-corrected chi connectivity index (χ3v) is 4.24. The first kappa shape index (κ1) is 13.9.